The Hall–Kier alpha value is -3.93. The van der Waals surface area contributed by atoms with E-state index < -0.39 is 16.0 Å². The van der Waals surface area contributed by atoms with Gasteiger partial charge in [-0.1, -0.05) is 24.2 Å². The summed E-state index contributed by atoms with van der Waals surface area (Å²) in [5.74, 6) is -0.372. The molecule has 1 saturated carbocycles. The number of esters is 1. The molecule has 2 aromatic carbocycles. The van der Waals surface area contributed by atoms with Crippen molar-refractivity contribution >= 4 is 39.4 Å². The maximum Gasteiger partial charge on any atom is 0.320 e. The van der Waals surface area contributed by atoms with Gasteiger partial charge in [-0.2, -0.15) is 8.42 Å². The first-order valence-electron chi connectivity index (χ1n) is 11.9. The summed E-state index contributed by atoms with van der Waals surface area (Å²) in [5.41, 5.74) is 2.30. The molecule has 12 heteroatoms. The van der Waals surface area contributed by atoms with Crippen molar-refractivity contribution < 1.29 is 31.3 Å². The Labute approximate surface area is 214 Å². The van der Waals surface area contributed by atoms with Gasteiger partial charge >= 0.3 is 33.9 Å². The van der Waals surface area contributed by atoms with Gasteiger partial charge in [-0.15, -0.1) is 5.10 Å². The molecule has 2 N–H and O–H groups in total. The summed E-state index contributed by atoms with van der Waals surface area (Å²) in [6.45, 7) is 1.80. The number of rotatable bonds is 9. The predicted molar refractivity (Wildman–Crippen MR) is 135 cm³/mol. The number of ether oxygens (including phenoxy) is 1. The first-order valence-corrected chi connectivity index (χ1v) is 13.7. The molecule has 0 aliphatic heterocycles. The molecule has 1 aliphatic carbocycles. The molecule has 1 aromatic heterocycles. The molecule has 0 atom stereocenters. The number of aromatic nitrogens is 2. The van der Waals surface area contributed by atoms with Crippen LogP contribution in [0.3, 0.4) is 0 Å². The number of hydrogen-bond donors (Lipinski definition) is 2. The summed E-state index contributed by atoms with van der Waals surface area (Å²) in [7, 11) is -3.62. The number of benzene rings is 2. The Morgan fingerprint density at radius 2 is 1.62 bits per heavy atom. The lowest BCUT2D eigenvalue weighted by Crippen LogP contribution is -2.23. The Bertz CT molecular complexity index is 1330. The molecule has 4 rings (SSSR count). The third kappa shape index (κ3) is 7.53. The molecule has 0 unspecified atom stereocenters. The van der Waals surface area contributed by atoms with Gasteiger partial charge in [-0.25, -0.2) is 0 Å². The summed E-state index contributed by atoms with van der Waals surface area (Å²) < 4.78 is 38.0. The van der Waals surface area contributed by atoms with Crippen LogP contribution in [0.2, 0.25) is 0 Å². The van der Waals surface area contributed by atoms with Crippen LogP contribution < -0.4 is 14.8 Å². The van der Waals surface area contributed by atoms with E-state index in [1.165, 1.54) is 17.7 Å². The second kappa shape index (κ2) is 11.4. The monoisotopic (exact) mass is 528 g/mol. The summed E-state index contributed by atoms with van der Waals surface area (Å²) in [6, 6.07) is 13.7. The van der Waals surface area contributed by atoms with Crippen LogP contribution in [0.25, 0.3) is 0 Å². The van der Waals surface area contributed by atoms with Crippen molar-refractivity contribution in [1.82, 2.24) is 10.2 Å². The maximum absolute atomic E-state index is 12.5. The van der Waals surface area contributed by atoms with Crippen LogP contribution in [0.15, 0.2) is 52.9 Å². The minimum atomic E-state index is -3.62. The van der Waals surface area contributed by atoms with E-state index in [2.05, 4.69) is 20.8 Å². The molecule has 0 spiro atoms. The summed E-state index contributed by atoms with van der Waals surface area (Å²) in [5, 5.41) is 13.2. The van der Waals surface area contributed by atoms with Gasteiger partial charge in [0.25, 0.3) is 0 Å². The molecule has 1 aliphatic rings. The van der Waals surface area contributed by atoms with E-state index in [9.17, 15) is 18.0 Å². The van der Waals surface area contributed by atoms with Crippen LogP contribution in [0.4, 0.5) is 17.4 Å². The summed E-state index contributed by atoms with van der Waals surface area (Å²) >= 11 is 0. The lowest BCUT2D eigenvalue weighted by molar-refractivity contribution is -0.150. The Balaban J connectivity index is 1.28. The van der Waals surface area contributed by atoms with E-state index in [4.69, 9.17) is 13.3 Å². The second-order valence-electron chi connectivity index (χ2n) is 8.74. The second-order valence-corrected chi connectivity index (χ2v) is 10.3. The molecule has 1 fully saturated rings. The molecule has 0 bridgehead atoms. The third-order valence-corrected chi connectivity index (χ3v) is 6.37. The molecular weight excluding hydrogens is 500 g/mol. The zero-order valence-corrected chi connectivity index (χ0v) is 21.3. The Morgan fingerprint density at radius 1 is 0.973 bits per heavy atom. The highest BCUT2D eigenvalue weighted by molar-refractivity contribution is 7.86. The van der Waals surface area contributed by atoms with E-state index >= 15 is 0 Å². The number of amides is 1. The van der Waals surface area contributed by atoms with E-state index in [1.54, 1.807) is 19.1 Å². The first-order chi connectivity index (χ1) is 17.7. The van der Waals surface area contributed by atoms with Crippen LogP contribution in [-0.4, -0.2) is 42.9 Å². The minimum absolute atomic E-state index is 0.00232. The third-order valence-electron chi connectivity index (χ3n) is 5.87. The highest BCUT2D eigenvalue weighted by Gasteiger charge is 2.24. The standard InChI is InChI=1S/C25H28N4O7S/c1-3-22(30)34-20-12-6-17(7-13-20)16-4-8-18(9-5-16)26-23(31)24-28-29-25(35-24)27-19-10-14-21(15-11-19)36-37(2,32)33/h4-5,8-11,14-15,17,20H,3,6-7,12-13H2,1-2H3,(H,26,31)(H,27,29). The molecule has 3 aromatic rings. The van der Waals surface area contributed by atoms with Crippen LogP contribution in [0, 0.1) is 0 Å². The molecule has 11 nitrogen and oxygen atoms in total. The lowest BCUT2D eigenvalue weighted by Gasteiger charge is -2.28. The van der Waals surface area contributed by atoms with E-state index in [0.717, 1.165) is 31.9 Å². The van der Waals surface area contributed by atoms with E-state index in [1.807, 2.05) is 24.3 Å². The molecule has 0 saturated heterocycles. The zero-order chi connectivity index (χ0) is 26.4. The maximum atomic E-state index is 12.5. The van der Waals surface area contributed by atoms with Gasteiger partial charge in [0.15, 0.2) is 0 Å². The van der Waals surface area contributed by atoms with Crippen molar-refractivity contribution in [2.24, 2.45) is 0 Å². The molecule has 1 amide bonds. The van der Waals surface area contributed by atoms with Gasteiger partial charge in [0.2, 0.25) is 0 Å². The Kier molecular flexibility index (Phi) is 8.07. The van der Waals surface area contributed by atoms with Crippen LogP contribution in [-0.2, 0) is 19.6 Å². The van der Waals surface area contributed by atoms with Crippen LogP contribution in [0.1, 0.15) is 61.2 Å². The van der Waals surface area contributed by atoms with Gasteiger partial charge in [-0.3, -0.25) is 9.59 Å². The molecule has 0 radical (unpaired) electrons. The van der Waals surface area contributed by atoms with Gasteiger partial charge in [0, 0.05) is 17.8 Å². The first kappa shape index (κ1) is 26.1. The number of hydrogen-bond acceptors (Lipinski definition) is 10. The molecule has 37 heavy (non-hydrogen) atoms. The summed E-state index contributed by atoms with van der Waals surface area (Å²) in [6.07, 6.45) is 4.94. The van der Waals surface area contributed by atoms with Gasteiger partial charge in [0.05, 0.1) is 6.26 Å². The van der Waals surface area contributed by atoms with Crippen LogP contribution >= 0.6 is 0 Å². The average molecular weight is 529 g/mol. The fourth-order valence-corrected chi connectivity index (χ4v) is 4.52. The van der Waals surface area contributed by atoms with Crippen molar-refractivity contribution in [2.75, 3.05) is 16.9 Å². The van der Waals surface area contributed by atoms with Crippen molar-refractivity contribution in [2.45, 2.75) is 51.0 Å². The van der Waals surface area contributed by atoms with Gasteiger partial charge in [0.1, 0.15) is 11.9 Å². The van der Waals surface area contributed by atoms with Crippen molar-refractivity contribution in [1.29, 1.82) is 0 Å². The van der Waals surface area contributed by atoms with Crippen LogP contribution in [0.5, 0.6) is 5.75 Å². The number of anilines is 3. The topological polar surface area (TPSA) is 150 Å². The largest absolute Gasteiger partial charge is 0.462 e. The predicted octanol–water partition coefficient (Wildman–Crippen LogP) is 4.38. The number of nitrogens with one attached hydrogen (secondary N) is 2. The van der Waals surface area contributed by atoms with Crippen molar-refractivity contribution in [3.63, 3.8) is 0 Å². The normalized spacial score (nSPS) is 17.6. The number of carbonyl (C=O) groups is 2. The lowest BCUT2D eigenvalue weighted by atomic mass is 9.82. The molecule has 1 heterocycles. The van der Waals surface area contributed by atoms with E-state index in [-0.39, 0.29) is 29.7 Å². The highest BCUT2D eigenvalue weighted by atomic mass is 32.2. The van der Waals surface area contributed by atoms with E-state index in [0.29, 0.717) is 23.7 Å². The summed E-state index contributed by atoms with van der Waals surface area (Å²) in [4.78, 5) is 24.0. The highest BCUT2D eigenvalue weighted by Crippen LogP contribution is 2.34. The van der Waals surface area contributed by atoms with Gasteiger partial charge in [-0.05, 0) is 73.6 Å². The molecular formula is C25H28N4O7S. The smallest absolute Gasteiger partial charge is 0.320 e. The fraction of sp³-hybridized carbons (Fsp3) is 0.360. The molecule has 196 valence electrons. The number of nitrogens with zero attached hydrogens (tertiary/aromatic N) is 2. The Morgan fingerprint density at radius 3 is 2.24 bits per heavy atom. The zero-order valence-electron chi connectivity index (χ0n) is 20.5. The fourth-order valence-electron chi connectivity index (χ4n) is 4.06. The van der Waals surface area contributed by atoms with Crippen molar-refractivity contribution in [3.8, 4) is 5.75 Å². The quantitative estimate of drug-likeness (QED) is 0.302. The number of carbonyl (C=O) groups excluding carboxylic acids is 2. The SMILES string of the molecule is CCC(=O)OC1CCC(c2ccc(NC(=O)c3nnc(Nc4ccc(OS(C)(=O)=O)cc4)o3)cc2)CC1. The van der Waals surface area contributed by atoms with Crippen molar-refractivity contribution in [3.05, 3.63) is 60.0 Å². The van der Waals surface area contributed by atoms with Gasteiger partial charge < -0.3 is 24.0 Å². The minimum Gasteiger partial charge on any atom is -0.462 e. The average Bonchev–Trinajstić information content (AvgIpc) is 3.34.